The third-order valence-corrected chi connectivity index (χ3v) is 4.13. The zero-order valence-corrected chi connectivity index (χ0v) is 12.9. The van der Waals surface area contributed by atoms with Gasteiger partial charge < -0.3 is 19.8 Å². The van der Waals surface area contributed by atoms with Gasteiger partial charge in [-0.15, -0.1) is 0 Å². The van der Waals surface area contributed by atoms with Crippen molar-refractivity contribution in [2.45, 2.75) is 39.5 Å². The number of aromatic nitrogens is 1. The topological polar surface area (TPSA) is 78.6 Å². The predicted molar refractivity (Wildman–Crippen MR) is 79.1 cm³/mol. The number of carbonyl (C=O) groups is 1. The molecule has 2 heterocycles. The van der Waals surface area contributed by atoms with Crippen molar-refractivity contribution in [3.05, 3.63) is 17.0 Å². The molecule has 21 heavy (non-hydrogen) atoms. The minimum Gasteiger partial charge on any atom is -0.396 e. The van der Waals surface area contributed by atoms with Gasteiger partial charge in [-0.2, -0.15) is 0 Å². The number of piperidine rings is 1. The summed E-state index contributed by atoms with van der Waals surface area (Å²) in [5.74, 6) is 1.09. The Morgan fingerprint density at radius 3 is 3.00 bits per heavy atom. The van der Waals surface area contributed by atoms with Crippen LogP contribution in [-0.4, -0.2) is 47.4 Å². The van der Waals surface area contributed by atoms with Crippen molar-refractivity contribution in [2.24, 2.45) is 5.92 Å². The van der Waals surface area contributed by atoms with E-state index >= 15 is 0 Å². The minimum atomic E-state index is -0.0214. The molecule has 1 atom stereocenters. The molecule has 1 saturated heterocycles. The van der Waals surface area contributed by atoms with Gasteiger partial charge in [-0.05, 0) is 45.4 Å². The lowest BCUT2D eigenvalue weighted by molar-refractivity contribution is 0.129. The van der Waals surface area contributed by atoms with E-state index in [0.717, 1.165) is 49.2 Å². The SMILES string of the molecule is Cc1noc(C)c1CCCNC(=O)N1CCCC(CO)C1. The van der Waals surface area contributed by atoms with E-state index in [2.05, 4.69) is 10.5 Å². The number of aryl methyl sites for hydroxylation is 2. The van der Waals surface area contributed by atoms with Crippen LogP contribution in [0, 0.1) is 19.8 Å². The lowest BCUT2D eigenvalue weighted by atomic mass is 9.99. The molecule has 118 valence electrons. The molecule has 0 spiro atoms. The Morgan fingerprint density at radius 2 is 2.33 bits per heavy atom. The molecule has 2 rings (SSSR count). The van der Waals surface area contributed by atoms with Crippen LogP contribution in [0.1, 0.15) is 36.3 Å². The first-order valence-corrected chi connectivity index (χ1v) is 7.67. The van der Waals surface area contributed by atoms with Gasteiger partial charge in [0.2, 0.25) is 0 Å². The lowest BCUT2D eigenvalue weighted by Crippen LogP contribution is -2.46. The number of nitrogens with zero attached hydrogens (tertiary/aromatic N) is 2. The van der Waals surface area contributed by atoms with E-state index < -0.39 is 0 Å². The average Bonchev–Trinajstić information content (AvgIpc) is 2.82. The van der Waals surface area contributed by atoms with E-state index in [9.17, 15) is 9.90 Å². The molecule has 1 aromatic heterocycles. The summed E-state index contributed by atoms with van der Waals surface area (Å²) in [6, 6.07) is -0.0214. The van der Waals surface area contributed by atoms with Crippen LogP contribution >= 0.6 is 0 Å². The number of aliphatic hydroxyl groups excluding tert-OH is 1. The van der Waals surface area contributed by atoms with Crippen LogP contribution in [0.5, 0.6) is 0 Å². The van der Waals surface area contributed by atoms with Crippen molar-refractivity contribution in [3.8, 4) is 0 Å². The zero-order valence-electron chi connectivity index (χ0n) is 12.9. The maximum atomic E-state index is 12.1. The molecule has 2 N–H and O–H groups in total. The van der Waals surface area contributed by atoms with E-state index in [1.54, 1.807) is 4.90 Å². The first-order chi connectivity index (χ1) is 10.1. The first kappa shape index (κ1) is 15.8. The molecule has 1 fully saturated rings. The summed E-state index contributed by atoms with van der Waals surface area (Å²) in [5, 5.41) is 16.1. The highest BCUT2D eigenvalue weighted by Gasteiger charge is 2.22. The Kier molecular flexibility index (Phi) is 5.61. The summed E-state index contributed by atoms with van der Waals surface area (Å²) in [6.45, 7) is 6.10. The molecule has 0 aliphatic carbocycles. The van der Waals surface area contributed by atoms with Crippen LogP contribution < -0.4 is 5.32 Å². The number of carbonyl (C=O) groups excluding carboxylic acids is 1. The maximum Gasteiger partial charge on any atom is 0.317 e. The van der Waals surface area contributed by atoms with E-state index in [0.29, 0.717) is 13.1 Å². The third-order valence-electron chi connectivity index (χ3n) is 4.13. The highest BCUT2D eigenvalue weighted by molar-refractivity contribution is 5.74. The van der Waals surface area contributed by atoms with Gasteiger partial charge >= 0.3 is 6.03 Å². The number of nitrogens with one attached hydrogen (secondary N) is 1. The van der Waals surface area contributed by atoms with Crippen LogP contribution in [0.25, 0.3) is 0 Å². The van der Waals surface area contributed by atoms with Crippen molar-refractivity contribution in [3.63, 3.8) is 0 Å². The van der Waals surface area contributed by atoms with Crippen LogP contribution in [0.3, 0.4) is 0 Å². The molecular weight excluding hydrogens is 270 g/mol. The summed E-state index contributed by atoms with van der Waals surface area (Å²) < 4.78 is 5.12. The normalized spacial score (nSPS) is 18.8. The molecule has 0 bridgehead atoms. The van der Waals surface area contributed by atoms with Crippen molar-refractivity contribution in [1.82, 2.24) is 15.4 Å². The fourth-order valence-electron chi connectivity index (χ4n) is 2.83. The molecule has 6 heteroatoms. The largest absolute Gasteiger partial charge is 0.396 e. The number of amides is 2. The van der Waals surface area contributed by atoms with Crippen LogP contribution in [0.4, 0.5) is 4.79 Å². The second-order valence-electron chi connectivity index (χ2n) is 5.78. The average molecular weight is 295 g/mol. The Labute approximate surface area is 125 Å². The van der Waals surface area contributed by atoms with Gasteiger partial charge in [-0.3, -0.25) is 0 Å². The minimum absolute atomic E-state index is 0.0214. The molecule has 2 amide bonds. The molecule has 0 saturated carbocycles. The fourth-order valence-corrected chi connectivity index (χ4v) is 2.83. The number of hydrogen-bond donors (Lipinski definition) is 2. The standard InChI is InChI=1S/C15H25N3O3/c1-11-14(12(2)21-17-11)6-3-7-16-15(20)18-8-4-5-13(9-18)10-19/h13,19H,3-10H2,1-2H3,(H,16,20). The molecule has 1 aliphatic rings. The Bertz CT molecular complexity index is 453. The zero-order chi connectivity index (χ0) is 15.2. The number of likely N-dealkylation sites (tertiary alicyclic amines) is 1. The predicted octanol–water partition coefficient (Wildman–Crippen LogP) is 1.64. The molecule has 1 unspecified atom stereocenters. The van der Waals surface area contributed by atoms with Gasteiger partial charge in [-0.25, -0.2) is 4.79 Å². The number of aliphatic hydroxyl groups is 1. The quantitative estimate of drug-likeness (QED) is 0.809. The van der Waals surface area contributed by atoms with Gasteiger partial charge in [0, 0.05) is 31.8 Å². The number of hydrogen-bond acceptors (Lipinski definition) is 4. The maximum absolute atomic E-state index is 12.1. The summed E-state index contributed by atoms with van der Waals surface area (Å²) in [4.78, 5) is 13.9. The van der Waals surface area contributed by atoms with E-state index in [4.69, 9.17) is 4.52 Å². The smallest absolute Gasteiger partial charge is 0.317 e. The number of rotatable bonds is 5. The van der Waals surface area contributed by atoms with Gasteiger partial charge in [0.15, 0.2) is 0 Å². The lowest BCUT2D eigenvalue weighted by Gasteiger charge is -2.31. The molecule has 6 nitrogen and oxygen atoms in total. The Hall–Kier alpha value is -1.56. The van der Waals surface area contributed by atoms with E-state index in [1.807, 2.05) is 13.8 Å². The molecule has 0 radical (unpaired) electrons. The second-order valence-corrected chi connectivity index (χ2v) is 5.78. The monoisotopic (exact) mass is 295 g/mol. The highest BCUT2D eigenvalue weighted by Crippen LogP contribution is 2.16. The Balaban J connectivity index is 1.70. The summed E-state index contributed by atoms with van der Waals surface area (Å²) >= 11 is 0. The van der Waals surface area contributed by atoms with Crippen LogP contribution in [-0.2, 0) is 6.42 Å². The van der Waals surface area contributed by atoms with Crippen molar-refractivity contribution < 1.29 is 14.4 Å². The van der Waals surface area contributed by atoms with E-state index in [-0.39, 0.29) is 18.6 Å². The Morgan fingerprint density at radius 1 is 1.52 bits per heavy atom. The van der Waals surface area contributed by atoms with Gasteiger partial charge in [0.05, 0.1) is 5.69 Å². The van der Waals surface area contributed by atoms with Crippen molar-refractivity contribution >= 4 is 6.03 Å². The molecular formula is C15H25N3O3. The summed E-state index contributed by atoms with van der Waals surface area (Å²) in [5.41, 5.74) is 2.07. The van der Waals surface area contributed by atoms with Crippen LogP contribution in [0.15, 0.2) is 4.52 Å². The second kappa shape index (κ2) is 7.45. The molecule has 1 aromatic rings. The van der Waals surface area contributed by atoms with Gasteiger partial charge in [-0.1, -0.05) is 5.16 Å². The first-order valence-electron chi connectivity index (χ1n) is 7.67. The molecule has 0 aromatic carbocycles. The summed E-state index contributed by atoms with van der Waals surface area (Å²) in [6.07, 6.45) is 3.71. The van der Waals surface area contributed by atoms with E-state index in [1.165, 1.54) is 0 Å². The number of urea groups is 1. The molecule has 1 aliphatic heterocycles. The van der Waals surface area contributed by atoms with Crippen molar-refractivity contribution in [2.75, 3.05) is 26.2 Å². The fraction of sp³-hybridized carbons (Fsp3) is 0.733. The summed E-state index contributed by atoms with van der Waals surface area (Å²) in [7, 11) is 0. The van der Waals surface area contributed by atoms with Crippen LogP contribution in [0.2, 0.25) is 0 Å². The third kappa shape index (κ3) is 4.20. The highest BCUT2D eigenvalue weighted by atomic mass is 16.5. The van der Waals surface area contributed by atoms with Gasteiger partial charge in [0.25, 0.3) is 0 Å². The van der Waals surface area contributed by atoms with Gasteiger partial charge in [0.1, 0.15) is 5.76 Å². The van der Waals surface area contributed by atoms with Crippen molar-refractivity contribution in [1.29, 1.82) is 0 Å².